The Morgan fingerprint density at radius 2 is 0.654 bits per heavy atom. The Morgan fingerprint density at radius 1 is 0.423 bits per heavy atom. The van der Waals surface area contributed by atoms with Gasteiger partial charge >= 0.3 is 0 Å². The quantitative estimate of drug-likeness (QED) is 0.398. The molecule has 0 unspecified atom stereocenters. The van der Waals surface area contributed by atoms with Gasteiger partial charge in [-0.2, -0.15) is 0 Å². The lowest BCUT2D eigenvalue weighted by molar-refractivity contribution is 0.219. The molecule has 0 aromatic carbocycles. The molecule has 3 nitrogen and oxygen atoms in total. The van der Waals surface area contributed by atoms with Crippen LogP contribution in [0.15, 0.2) is 0 Å². The lowest BCUT2D eigenvalue weighted by atomic mass is 9.77. The largest absolute Gasteiger partial charge is 0.312 e. The third kappa shape index (κ3) is 17.3. The van der Waals surface area contributed by atoms with Crippen molar-refractivity contribution in [1.29, 1.82) is 0 Å². The van der Waals surface area contributed by atoms with Gasteiger partial charge in [-0.3, -0.25) is 0 Å². The summed E-state index contributed by atoms with van der Waals surface area (Å²) >= 11 is 0. The van der Waals surface area contributed by atoms with E-state index in [1.165, 1.54) is 38.5 Å². The highest BCUT2D eigenvalue weighted by Gasteiger charge is 2.24. The Labute approximate surface area is 165 Å². The van der Waals surface area contributed by atoms with Crippen LogP contribution >= 0.6 is 0 Å². The van der Waals surface area contributed by atoms with Crippen molar-refractivity contribution in [2.24, 2.45) is 5.41 Å². The number of rotatable bonds is 12. The van der Waals surface area contributed by atoms with Gasteiger partial charge in [0.25, 0.3) is 0 Å². The summed E-state index contributed by atoms with van der Waals surface area (Å²) in [5, 5.41) is 10.9. The first-order valence-corrected chi connectivity index (χ1v) is 10.9. The lowest BCUT2D eigenvalue weighted by Crippen LogP contribution is -2.38. The summed E-state index contributed by atoms with van der Waals surface area (Å²) in [6, 6.07) is 0. The SMILES string of the molecule is CC(CCCNC(C)(C)C)(CCCNC(C)(C)C)CCCNC(C)(C)C. The molecule has 3 heteroatoms. The Bertz CT molecular complexity index is 300. The van der Waals surface area contributed by atoms with Crippen LogP contribution in [0.4, 0.5) is 0 Å². The molecule has 0 radical (unpaired) electrons. The van der Waals surface area contributed by atoms with Gasteiger partial charge in [-0.05, 0) is 126 Å². The van der Waals surface area contributed by atoms with E-state index in [9.17, 15) is 0 Å². The molecule has 158 valence electrons. The molecule has 0 aliphatic rings. The summed E-state index contributed by atoms with van der Waals surface area (Å²) in [5.74, 6) is 0. The number of hydrogen-bond acceptors (Lipinski definition) is 3. The minimum Gasteiger partial charge on any atom is -0.312 e. The van der Waals surface area contributed by atoms with Crippen molar-refractivity contribution in [2.75, 3.05) is 19.6 Å². The molecular formula is C23H51N3. The maximum absolute atomic E-state index is 3.64. The zero-order chi connectivity index (χ0) is 20.5. The minimum atomic E-state index is 0.226. The van der Waals surface area contributed by atoms with Crippen molar-refractivity contribution in [3.8, 4) is 0 Å². The van der Waals surface area contributed by atoms with E-state index in [1.54, 1.807) is 0 Å². The van der Waals surface area contributed by atoms with E-state index in [1.807, 2.05) is 0 Å². The normalized spacial score (nSPS) is 14.1. The summed E-state index contributed by atoms with van der Waals surface area (Å²) in [5.41, 5.74) is 1.13. The van der Waals surface area contributed by atoms with Gasteiger partial charge in [0.05, 0.1) is 0 Å². The van der Waals surface area contributed by atoms with Crippen LogP contribution in [0.5, 0.6) is 0 Å². The summed E-state index contributed by atoms with van der Waals surface area (Å²) in [7, 11) is 0. The van der Waals surface area contributed by atoms with Gasteiger partial charge in [-0.25, -0.2) is 0 Å². The monoisotopic (exact) mass is 369 g/mol. The average Bonchev–Trinajstić information content (AvgIpc) is 2.42. The first-order chi connectivity index (χ1) is 11.6. The fourth-order valence-electron chi connectivity index (χ4n) is 3.31. The van der Waals surface area contributed by atoms with Crippen LogP contribution in [0.3, 0.4) is 0 Å². The molecule has 0 aromatic rings. The molecule has 0 saturated carbocycles. The van der Waals surface area contributed by atoms with Crippen LogP contribution in [0.25, 0.3) is 0 Å². The second kappa shape index (κ2) is 11.0. The molecule has 0 fully saturated rings. The number of hydrogen-bond donors (Lipinski definition) is 3. The third-order valence-corrected chi connectivity index (χ3v) is 4.84. The fraction of sp³-hybridized carbons (Fsp3) is 1.00. The highest BCUT2D eigenvalue weighted by molar-refractivity contribution is 4.79. The standard InChI is InChI=1S/C23H51N3/c1-20(2,3)24-17-11-14-23(10,15-12-18-25-21(4,5)6)16-13-19-26-22(7,8)9/h24-26H,11-19H2,1-10H3. The molecule has 0 aliphatic heterocycles. The Balaban J connectivity index is 4.40. The molecule has 3 N–H and O–H groups in total. The van der Waals surface area contributed by atoms with Crippen LogP contribution in [0, 0.1) is 5.41 Å². The highest BCUT2D eigenvalue weighted by atomic mass is 14.9. The van der Waals surface area contributed by atoms with Crippen molar-refractivity contribution in [1.82, 2.24) is 16.0 Å². The maximum atomic E-state index is 3.64. The molecule has 0 rings (SSSR count). The molecular weight excluding hydrogens is 318 g/mol. The maximum Gasteiger partial charge on any atom is 0.00965 e. The van der Waals surface area contributed by atoms with Gasteiger partial charge in [0.15, 0.2) is 0 Å². The molecule has 26 heavy (non-hydrogen) atoms. The van der Waals surface area contributed by atoms with E-state index < -0.39 is 0 Å². The molecule has 0 heterocycles. The topological polar surface area (TPSA) is 36.1 Å². The third-order valence-electron chi connectivity index (χ3n) is 4.84. The summed E-state index contributed by atoms with van der Waals surface area (Å²) in [6.45, 7) is 26.2. The molecule has 0 bridgehead atoms. The summed E-state index contributed by atoms with van der Waals surface area (Å²) in [6.07, 6.45) is 7.77. The van der Waals surface area contributed by atoms with E-state index in [2.05, 4.69) is 85.2 Å². The molecule has 0 atom stereocenters. The van der Waals surface area contributed by atoms with Gasteiger partial charge in [-0.1, -0.05) is 6.92 Å². The smallest absolute Gasteiger partial charge is 0.00965 e. The first-order valence-electron chi connectivity index (χ1n) is 10.9. The zero-order valence-electron chi connectivity index (χ0n) is 19.9. The molecule has 0 aliphatic carbocycles. The van der Waals surface area contributed by atoms with Crippen molar-refractivity contribution in [3.63, 3.8) is 0 Å². The van der Waals surface area contributed by atoms with Gasteiger partial charge in [0, 0.05) is 16.6 Å². The Hall–Kier alpha value is -0.120. The van der Waals surface area contributed by atoms with Gasteiger partial charge in [0.2, 0.25) is 0 Å². The van der Waals surface area contributed by atoms with Crippen molar-refractivity contribution < 1.29 is 0 Å². The van der Waals surface area contributed by atoms with E-state index in [4.69, 9.17) is 0 Å². The predicted octanol–water partition coefficient (Wildman–Crippen LogP) is 5.50. The van der Waals surface area contributed by atoms with Crippen molar-refractivity contribution in [3.05, 3.63) is 0 Å². The van der Waals surface area contributed by atoms with Gasteiger partial charge in [0.1, 0.15) is 0 Å². The first kappa shape index (κ1) is 25.9. The van der Waals surface area contributed by atoms with E-state index in [-0.39, 0.29) is 16.6 Å². The lowest BCUT2D eigenvalue weighted by Gasteiger charge is -2.32. The predicted molar refractivity (Wildman–Crippen MR) is 119 cm³/mol. The van der Waals surface area contributed by atoms with Crippen molar-refractivity contribution >= 4 is 0 Å². The summed E-state index contributed by atoms with van der Waals surface area (Å²) < 4.78 is 0. The second-order valence-electron chi connectivity index (χ2n) is 11.7. The van der Waals surface area contributed by atoms with Crippen LogP contribution in [0.2, 0.25) is 0 Å². The van der Waals surface area contributed by atoms with Gasteiger partial charge < -0.3 is 16.0 Å². The number of nitrogens with one attached hydrogen (secondary N) is 3. The van der Waals surface area contributed by atoms with Crippen LogP contribution in [-0.4, -0.2) is 36.3 Å². The van der Waals surface area contributed by atoms with E-state index in [0.717, 1.165) is 19.6 Å². The highest BCUT2D eigenvalue weighted by Crippen LogP contribution is 2.34. The minimum absolute atomic E-state index is 0.226. The molecule has 0 amide bonds. The van der Waals surface area contributed by atoms with Crippen LogP contribution in [-0.2, 0) is 0 Å². The van der Waals surface area contributed by atoms with E-state index in [0.29, 0.717) is 5.41 Å². The van der Waals surface area contributed by atoms with Crippen molar-refractivity contribution in [2.45, 2.75) is 124 Å². The molecule has 0 aromatic heterocycles. The van der Waals surface area contributed by atoms with Gasteiger partial charge in [-0.15, -0.1) is 0 Å². The Kier molecular flexibility index (Phi) is 11.0. The molecule has 0 spiro atoms. The van der Waals surface area contributed by atoms with E-state index >= 15 is 0 Å². The zero-order valence-corrected chi connectivity index (χ0v) is 19.9. The van der Waals surface area contributed by atoms with Crippen LogP contribution in [0.1, 0.15) is 108 Å². The fourth-order valence-corrected chi connectivity index (χ4v) is 3.31. The van der Waals surface area contributed by atoms with Crippen LogP contribution < -0.4 is 16.0 Å². The average molecular weight is 370 g/mol. The second-order valence-corrected chi connectivity index (χ2v) is 11.7. The Morgan fingerprint density at radius 3 is 0.846 bits per heavy atom. The summed E-state index contributed by atoms with van der Waals surface area (Å²) in [4.78, 5) is 0. The molecule has 0 saturated heterocycles.